The molecule has 0 aliphatic carbocycles. The average molecular weight is 444 g/mol. The molecule has 0 aliphatic rings. The van der Waals surface area contributed by atoms with Crippen LogP contribution in [0.2, 0.25) is 0 Å². The summed E-state index contributed by atoms with van der Waals surface area (Å²) in [6.45, 7) is 0. The van der Waals surface area contributed by atoms with E-state index < -0.39 is 0 Å². The number of carbonyl (C=O) groups is 1. The molecule has 6 aromatic rings. The number of oxazole rings is 1. The summed E-state index contributed by atoms with van der Waals surface area (Å²) >= 11 is 0. The number of fused-ring (bicyclic) bond motifs is 3. The molecule has 0 radical (unpaired) electrons. The second-order valence-corrected chi connectivity index (χ2v) is 8.08. The molecule has 1 aromatic heterocycles. The molecule has 5 heteroatoms. The Morgan fingerprint density at radius 3 is 2.38 bits per heavy atom. The molecular formula is C29H20N2O3. The number of nitrogens with zero attached hydrogens (tertiary/aromatic N) is 1. The van der Waals surface area contributed by atoms with Crippen molar-refractivity contribution in [2.24, 2.45) is 0 Å². The van der Waals surface area contributed by atoms with Crippen molar-refractivity contribution in [3.8, 4) is 17.2 Å². The zero-order chi connectivity index (χ0) is 23.1. The van der Waals surface area contributed by atoms with Crippen LogP contribution < -0.4 is 10.1 Å². The minimum atomic E-state index is -0.250. The van der Waals surface area contributed by atoms with Crippen molar-refractivity contribution >= 4 is 44.2 Å². The standard InChI is InChI=1S/C29H20N2O3/c1-33-27-16-20-9-3-2-8-19(20)15-24(27)28(32)30-21-13-14-26-25(17-21)31-29(34-26)23-12-6-10-18-7-4-5-11-22(18)23/h2-17H,1H3,(H,30,32). The van der Waals surface area contributed by atoms with Gasteiger partial charge in [0.2, 0.25) is 5.89 Å². The first kappa shape index (κ1) is 20.0. The number of hydrogen-bond donors (Lipinski definition) is 1. The van der Waals surface area contributed by atoms with Gasteiger partial charge < -0.3 is 14.5 Å². The third kappa shape index (κ3) is 3.44. The van der Waals surface area contributed by atoms with E-state index in [2.05, 4.69) is 23.5 Å². The number of nitrogens with one attached hydrogen (secondary N) is 1. The van der Waals surface area contributed by atoms with Gasteiger partial charge >= 0.3 is 0 Å². The van der Waals surface area contributed by atoms with Crippen molar-refractivity contribution < 1.29 is 13.9 Å². The summed E-state index contributed by atoms with van der Waals surface area (Å²) < 4.78 is 11.5. The topological polar surface area (TPSA) is 64.4 Å². The Morgan fingerprint density at radius 2 is 1.56 bits per heavy atom. The lowest BCUT2D eigenvalue weighted by molar-refractivity contribution is 0.102. The van der Waals surface area contributed by atoms with Crippen LogP contribution in [-0.2, 0) is 0 Å². The van der Waals surface area contributed by atoms with Crippen LogP contribution in [0.4, 0.5) is 5.69 Å². The molecule has 1 amide bonds. The number of ether oxygens (including phenoxy) is 1. The molecule has 1 heterocycles. The molecule has 5 aromatic carbocycles. The van der Waals surface area contributed by atoms with Crippen molar-refractivity contribution in [1.82, 2.24) is 4.98 Å². The number of carbonyl (C=O) groups excluding carboxylic acids is 1. The van der Waals surface area contributed by atoms with Crippen LogP contribution in [0.25, 0.3) is 44.1 Å². The van der Waals surface area contributed by atoms with Crippen LogP contribution in [0.3, 0.4) is 0 Å². The van der Waals surface area contributed by atoms with Gasteiger partial charge in [-0.15, -0.1) is 0 Å². The van der Waals surface area contributed by atoms with Crippen LogP contribution in [-0.4, -0.2) is 18.0 Å². The van der Waals surface area contributed by atoms with Gasteiger partial charge in [0.05, 0.1) is 12.7 Å². The maximum atomic E-state index is 13.1. The lowest BCUT2D eigenvalue weighted by Crippen LogP contribution is -2.13. The Morgan fingerprint density at radius 1 is 0.824 bits per heavy atom. The van der Waals surface area contributed by atoms with Gasteiger partial charge in [-0.25, -0.2) is 4.98 Å². The number of aromatic nitrogens is 1. The van der Waals surface area contributed by atoms with Gasteiger partial charge in [0.25, 0.3) is 5.91 Å². The van der Waals surface area contributed by atoms with Crippen molar-refractivity contribution in [3.05, 3.63) is 103 Å². The molecule has 0 saturated heterocycles. The lowest BCUT2D eigenvalue weighted by atomic mass is 10.0. The van der Waals surface area contributed by atoms with Crippen LogP contribution in [0.1, 0.15) is 10.4 Å². The molecule has 0 spiro atoms. The van der Waals surface area contributed by atoms with E-state index in [-0.39, 0.29) is 5.91 Å². The van der Waals surface area contributed by atoms with E-state index in [0.29, 0.717) is 34.0 Å². The monoisotopic (exact) mass is 444 g/mol. The van der Waals surface area contributed by atoms with E-state index >= 15 is 0 Å². The van der Waals surface area contributed by atoms with Gasteiger partial charge in [-0.1, -0.05) is 60.7 Å². The van der Waals surface area contributed by atoms with Crippen LogP contribution in [0.15, 0.2) is 101 Å². The highest BCUT2D eigenvalue weighted by molar-refractivity contribution is 6.09. The minimum absolute atomic E-state index is 0.250. The highest BCUT2D eigenvalue weighted by Gasteiger charge is 2.16. The minimum Gasteiger partial charge on any atom is -0.496 e. The Bertz CT molecular complexity index is 1700. The first-order chi connectivity index (χ1) is 16.7. The predicted molar refractivity (Wildman–Crippen MR) is 135 cm³/mol. The fourth-order valence-electron chi connectivity index (χ4n) is 4.30. The summed E-state index contributed by atoms with van der Waals surface area (Å²) in [5.74, 6) is 0.822. The first-order valence-electron chi connectivity index (χ1n) is 11.0. The molecule has 6 rings (SSSR count). The number of rotatable bonds is 4. The molecule has 0 fully saturated rings. The molecule has 0 unspecified atom stereocenters. The van der Waals surface area contributed by atoms with Gasteiger partial charge in [0.1, 0.15) is 11.3 Å². The van der Waals surface area contributed by atoms with Gasteiger partial charge in [-0.2, -0.15) is 0 Å². The molecule has 5 nitrogen and oxygen atoms in total. The van der Waals surface area contributed by atoms with E-state index in [1.807, 2.05) is 78.9 Å². The molecule has 34 heavy (non-hydrogen) atoms. The van der Waals surface area contributed by atoms with Gasteiger partial charge in [0, 0.05) is 11.3 Å². The zero-order valence-electron chi connectivity index (χ0n) is 18.4. The third-order valence-electron chi connectivity index (χ3n) is 5.98. The van der Waals surface area contributed by atoms with Crippen molar-refractivity contribution in [1.29, 1.82) is 0 Å². The third-order valence-corrected chi connectivity index (χ3v) is 5.98. The summed E-state index contributed by atoms with van der Waals surface area (Å²) in [7, 11) is 1.57. The van der Waals surface area contributed by atoms with Crippen LogP contribution >= 0.6 is 0 Å². The maximum Gasteiger partial charge on any atom is 0.259 e. The molecule has 164 valence electrons. The van der Waals surface area contributed by atoms with Gasteiger partial charge in [0.15, 0.2) is 5.58 Å². The summed E-state index contributed by atoms with van der Waals surface area (Å²) in [6.07, 6.45) is 0. The number of methoxy groups -OCH3 is 1. The second-order valence-electron chi connectivity index (χ2n) is 8.08. The van der Waals surface area contributed by atoms with Crippen molar-refractivity contribution in [3.63, 3.8) is 0 Å². The Kier molecular flexibility index (Phi) is 4.73. The van der Waals surface area contributed by atoms with E-state index in [0.717, 1.165) is 27.1 Å². The Hall–Kier alpha value is -4.64. The van der Waals surface area contributed by atoms with Crippen LogP contribution in [0, 0.1) is 0 Å². The van der Waals surface area contributed by atoms with Gasteiger partial charge in [-0.05, 0) is 57.9 Å². The van der Waals surface area contributed by atoms with Gasteiger partial charge in [-0.3, -0.25) is 4.79 Å². The molecule has 0 atom stereocenters. The number of benzene rings is 5. The van der Waals surface area contributed by atoms with Crippen LogP contribution in [0.5, 0.6) is 5.75 Å². The SMILES string of the molecule is COc1cc2ccccc2cc1C(=O)Nc1ccc2oc(-c3cccc4ccccc34)nc2c1. The fourth-order valence-corrected chi connectivity index (χ4v) is 4.30. The quantitative estimate of drug-likeness (QED) is 0.316. The molecule has 0 aliphatic heterocycles. The summed E-state index contributed by atoms with van der Waals surface area (Å²) in [5, 5.41) is 7.16. The predicted octanol–water partition coefficient (Wildman–Crippen LogP) is 7.06. The molecule has 0 bridgehead atoms. The number of anilines is 1. The molecule has 0 saturated carbocycles. The smallest absolute Gasteiger partial charge is 0.259 e. The largest absolute Gasteiger partial charge is 0.496 e. The lowest BCUT2D eigenvalue weighted by Gasteiger charge is -2.11. The van der Waals surface area contributed by atoms with E-state index in [4.69, 9.17) is 14.1 Å². The van der Waals surface area contributed by atoms with Crippen molar-refractivity contribution in [2.45, 2.75) is 0 Å². The summed E-state index contributed by atoms with van der Waals surface area (Å²) in [4.78, 5) is 17.8. The Labute approximate surface area is 195 Å². The van der Waals surface area contributed by atoms with Crippen molar-refractivity contribution in [2.75, 3.05) is 12.4 Å². The molecular weight excluding hydrogens is 424 g/mol. The van der Waals surface area contributed by atoms with E-state index in [1.54, 1.807) is 7.11 Å². The molecule has 1 N–H and O–H groups in total. The maximum absolute atomic E-state index is 13.1. The number of hydrogen-bond acceptors (Lipinski definition) is 4. The summed E-state index contributed by atoms with van der Waals surface area (Å²) in [5.41, 5.74) is 3.36. The van der Waals surface area contributed by atoms with E-state index in [1.165, 1.54) is 0 Å². The summed E-state index contributed by atoms with van der Waals surface area (Å²) in [6, 6.07) is 31.2. The highest BCUT2D eigenvalue weighted by Crippen LogP contribution is 2.32. The highest BCUT2D eigenvalue weighted by atomic mass is 16.5. The second kappa shape index (κ2) is 8.05. The Balaban J connectivity index is 1.34. The van der Waals surface area contributed by atoms with E-state index in [9.17, 15) is 4.79 Å². The first-order valence-corrected chi connectivity index (χ1v) is 11.0. The zero-order valence-corrected chi connectivity index (χ0v) is 18.4. The number of amides is 1. The average Bonchev–Trinajstić information content (AvgIpc) is 3.30. The normalized spacial score (nSPS) is 11.2. The fraction of sp³-hybridized carbons (Fsp3) is 0.0345.